The van der Waals surface area contributed by atoms with E-state index in [1.807, 2.05) is 0 Å². The number of hydrogen-bond donors (Lipinski definition) is 1. The highest BCUT2D eigenvalue weighted by molar-refractivity contribution is 7.91. The van der Waals surface area contributed by atoms with Gasteiger partial charge < -0.3 is 5.32 Å². The smallest absolute Gasteiger partial charge is 0.282 e. The molecule has 0 bridgehead atoms. The quantitative estimate of drug-likeness (QED) is 0.858. The van der Waals surface area contributed by atoms with Gasteiger partial charge in [-0.2, -0.15) is 0 Å². The van der Waals surface area contributed by atoms with Crippen molar-refractivity contribution in [3.05, 3.63) is 9.47 Å². The van der Waals surface area contributed by atoms with Crippen LogP contribution >= 0.6 is 22.9 Å². The van der Waals surface area contributed by atoms with Crippen LogP contribution in [0.25, 0.3) is 0 Å². The van der Waals surface area contributed by atoms with Gasteiger partial charge in [-0.05, 0) is 24.4 Å². The Morgan fingerprint density at radius 1 is 1.47 bits per heavy atom. The van der Waals surface area contributed by atoms with Crippen LogP contribution in [0.15, 0.2) is 0 Å². The Hall–Kier alpha value is -0.730. The fourth-order valence-electron chi connectivity index (χ4n) is 1.68. The van der Waals surface area contributed by atoms with E-state index in [4.69, 9.17) is 11.6 Å². The molecule has 1 atom stereocenters. The Bertz CT molecular complexity index is 528. The third-order valence-corrected chi connectivity index (χ3v) is 5.23. The Kier molecular flexibility index (Phi) is 3.64. The van der Waals surface area contributed by atoms with Gasteiger partial charge in [-0.3, -0.25) is 4.79 Å². The lowest BCUT2D eigenvalue weighted by Gasteiger charge is -2.22. The van der Waals surface area contributed by atoms with E-state index in [0.29, 0.717) is 12.8 Å². The predicted octanol–water partition coefficient (Wildman–Crippen LogP) is 0.499. The number of sulfone groups is 1. The molecule has 1 aliphatic rings. The van der Waals surface area contributed by atoms with Crippen LogP contribution in [0.3, 0.4) is 0 Å². The molecule has 1 unspecified atom stereocenters. The molecule has 1 aromatic heterocycles. The lowest BCUT2D eigenvalue weighted by atomic mass is 10.2. The monoisotopic (exact) mass is 295 g/mol. The molecule has 1 saturated heterocycles. The van der Waals surface area contributed by atoms with E-state index < -0.39 is 15.7 Å². The molecule has 94 valence electrons. The zero-order valence-corrected chi connectivity index (χ0v) is 11.1. The maximum absolute atomic E-state index is 11.7. The number of carbonyl (C=O) groups is 1. The molecule has 6 nitrogen and oxygen atoms in total. The van der Waals surface area contributed by atoms with Crippen molar-refractivity contribution in [1.82, 2.24) is 15.5 Å². The Labute approximate surface area is 107 Å². The van der Waals surface area contributed by atoms with Crippen molar-refractivity contribution in [2.24, 2.45) is 0 Å². The summed E-state index contributed by atoms with van der Waals surface area (Å²) in [6.07, 6.45) is 1.24. The van der Waals surface area contributed by atoms with Crippen LogP contribution in [0.1, 0.15) is 22.6 Å². The third kappa shape index (κ3) is 3.36. The second kappa shape index (κ2) is 4.87. The molecule has 0 aromatic carbocycles. The van der Waals surface area contributed by atoms with Crippen molar-refractivity contribution in [3.63, 3.8) is 0 Å². The summed E-state index contributed by atoms with van der Waals surface area (Å²) in [6, 6.07) is -0.344. The minimum absolute atomic E-state index is 0.00865. The first-order valence-corrected chi connectivity index (χ1v) is 7.98. The molecule has 1 fully saturated rings. The first-order chi connectivity index (χ1) is 7.96. The van der Waals surface area contributed by atoms with Gasteiger partial charge in [0.05, 0.1) is 11.5 Å². The van der Waals surface area contributed by atoms with E-state index in [0.717, 1.165) is 11.3 Å². The average Bonchev–Trinajstić information content (AvgIpc) is 2.63. The van der Waals surface area contributed by atoms with Crippen molar-refractivity contribution >= 4 is 38.7 Å². The minimum Gasteiger partial charge on any atom is -0.346 e. The normalized spacial score (nSPS) is 23.2. The topological polar surface area (TPSA) is 89.0 Å². The standard InChI is InChI=1S/C8H10ClN3O3S2/c9-8-12-11-7(16-8)6(13)10-5-2-1-3-17(14,15)4-5/h5H,1-4H2,(H,10,13). The molecule has 1 N–H and O–H groups in total. The van der Waals surface area contributed by atoms with Crippen LogP contribution in [-0.4, -0.2) is 42.1 Å². The van der Waals surface area contributed by atoms with Crippen LogP contribution in [-0.2, 0) is 9.84 Å². The van der Waals surface area contributed by atoms with E-state index in [1.165, 1.54) is 0 Å². The van der Waals surface area contributed by atoms with Gasteiger partial charge in [-0.1, -0.05) is 11.3 Å². The molecule has 1 aromatic rings. The predicted molar refractivity (Wildman–Crippen MR) is 64.1 cm³/mol. The van der Waals surface area contributed by atoms with Gasteiger partial charge in [0.2, 0.25) is 9.47 Å². The molecule has 9 heteroatoms. The molecule has 0 radical (unpaired) electrons. The number of nitrogens with one attached hydrogen (secondary N) is 1. The molecule has 0 aliphatic carbocycles. The zero-order valence-electron chi connectivity index (χ0n) is 8.72. The van der Waals surface area contributed by atoms with Crippen molar-refractivity contribution in [1.29, 1.82) is 0 Å². The summed E-state index contributed by atoms with van der Waals surface area (Å²) >= 11 is 6.53. The number of hydrogen-bond acceptors (Lipinski definition) is 6. The molecular weight excluding hydrogens is 286 g/mol. The van der Waals surface area contributed by atoms with E-state index in [-0.39, 0.29) is 27.0 Å². The summed E-state index contributed by atoms with van der Waals surface area (Å²) in [4.78, 5) is 11.7. The van der Waals surface area contributed by atoms with Crippen molar-refractivity contribution < 1.29 is 13.2 Å². The van der Waals surface area contributed by atoms with Gasteiger partial charge in [0.15, 0.2) is 9.84 Å². The highest BCUT2D eigenvalue weighted by Crippen LogP contribution is 2.16. The van der Waals surface area contributed by atoms with E-state index in [1.54, 1.807) is 0 Å². The van der Waals surface area contributed by atoms with E-state index in [2.05, 4.69) is 15.5 Å². The third-order valence-electron chi connectivity index (χ3n) is 2.39. The Balaban J connectivity index is 1.99. The molecule has 17 heavy (non-hydrogen) atoms. The number of rotatable bonds is 2. The first-order valence-electron chi connectivity index (χ1n) is 4.96. The molecule has 0 spiro atoms. The number of aromatic nitrogens is 2. The van der Waals surface area contributed by atoms with Crippen LogP contribution in [0.5, 0.6) is 0 Å². The summed E-state index contributed by atoms with van der Waals surface area (Å²) in [6.45, 7) is 0. The number of halogens is 1. The second-order valence-corrected chi connectivity index (χ2v) is 7.58. The summed E-state index contributed by atoms with van der Waals surface area (Å²) < 4.78 is 23.0. The van der Waals surface area contributed by atoms with Gasteiger partial charge in [0.1, 0.15) is 0 Å². The van der Waals surface area contributed by atoms with Gasteiger partial charge in [-0.25, -0.2) is 8.42 Å². The van der Waals surface area contributed by atoms with Gasteiger partial charge in [0, 0.05) is 6.04 Å². The van der Waals surface area contributed by atoms with Crippen molar-refractivity contribution in [3.8, 4) is 0 Å². The maximum Gasteiger partial charge on any atom is 0.282 e. The van der Waals surface area contributed by atoms with Crippen molar-refractivity contribution in [2.45, 2.75) is 18.9 Å². The van der Waals surface area contributed by atoms with Crippen LogP contribution in [0.4, 0.5) is 0 Å². The lowest BCUT2D eigenvalue weighted by molar-refractivity contribution is 0.0937. The summed E-state index contributed by atoms with van der Waals surface area (Å²) in [5.41, 5.74) is 0. The molecule has 0 saturated carbocycles. The molecule has 1 amide bonds. The van der Waals surface area contributed by atoms with Crippen LogP contribution in [0, 0.1) is 0 Å². The van der Waals surface area contributed by atoms with E-state index >= 15 is 0 Å². The molecule has 2 heterocycles. The van der Waals surface area contributed by atoms with E-state index in [9.17, 15) is 13.2 Å². The highest BCUT2D eigenvalue weighted by atomic mass is 35.5. The average molecular weight is 296 g/mol. The highest BCUT2D eigenvalue weighted by Gasteiger charge is 2.26. The molecular formula is C8H10ClN3O3S2. The first kappa shape index (κ1) is 12.7. The minimum atomic E-state index is -3.03. The van der Waals surface area contributed by atoms with Gasteiger partial charge in [0.25, 0.3) is 5.91 Å². The number of amides is 1. The number of carbonyl (C=O) groups excluding carboxylic acids is 1. The summed E-state index contributed by atoms with van der Waals surface area (Å²) in [5, 5.41) is 9.89. The van der Waals surface area contributed by atoms with Gasteiger partial charge in [-0.15, -0.1) is 10.2 Å². The van der Waals surface area contributed by atoms with Crippen molar-refractivity contribution in [2.75, 3.05) is 11.5 Å². The molecule has 2 rings (SSSR count). The van der Waals surface area contributed by atoms with Crippen LogP contribution < -0.4 is 5.32 Å². The summed E-state index contributed by atoms with van der Waals surface area (Å²) in [5.74, 6) is -0.230. The zero-order chi connectivity index (χ0) is 12.5. The summed E-state index contributed by atoms with van der Waals surface area (Å²) in [7, 11) is -3.03. The molecule has 1 aliphatic heterocycles. The fourth-order valence-corrected chi connectivity index (χ4v) is 4.05. The Morgan fingerprint density at radius 3 is 2.82 bits per heavy atom. The Morgan fingerprint density at radius 2 is 2.24 bits per heavy atom. The largest absolute Gasteiger partial charge is 0.346 e. The lowest BCUT2D eigenvalue weighted by Crippen LogP contribution is -2.43. The van der Waals surface area contributed by atoms with Gasteiger partial charge >= 0.3 is 0 Å². The SMILES string of the molecule is O=C(NC1CCCS(=O)(=O)C1)c1nnc(Cl)s1. The second-order valence-electron chi connectivity index (χ2n) is 3.79. The number of nitrogens with zero attached hydrogens (tertiary/aromatic N) is 2. The fraction of sp³-hybridized carbons (Fsp3) is 0.625. The maximum atomic E-state index is 11.7. The van der Waals surface area contributed by atoms with Crippen LogP contribution in [0.2, 0.25) is 4.47 Å².